The molecule has 0 unspecified atom stereocenters. The lowest BCUT2D eigenvalue weighted by Crippen LogP contribution is -2.54. The third kappa shape index (κ3) is 3.42. The van der Waals surface area contributed by atoms with Crippen LogP contribution in [0.3, 0.4) is 0 Å². The molecule has 1 aliphatic carbocycles. The van der Waals surface area contributed by atoms with Crippen molar-refractivity contribution in [3.05, 3.63) is 40.4 Å². The van der Waals surface area contributed by atoms with Gasteiger partial charge in [0.1, 0.15) is 11.4 Å². The number of nitrogens with zero attached hydrogens (tertiary/aromatic N) is 3. The highest BCUT2D eigenvalue weighted by Gasteiger charge is 2.54. The van der Waals surface area contributed by atoms with Crippen LogP contribution in [0.4, 0.5) is 4.79 Å². The van der Waals surface area contributed by atoms with Gasteiger partial charge in [-0.05, 0) is 37.4 Å². The number of carbonyl (C=O) groups excluding carboxylic acids is 2. The molecule has 1 aromatic carbocycles. The van der Waals surface area contributed by atoms with Crippen molar-refractivity contribution in [3.8, 4) is 0 Å². The van der Waals surface area contributed by atoms with E-state index in [0.717, 1.165) is 19.3 Å². The summed E-state index contributed by atoms with van der Waals surface area (Å²) in [6.07, 6.45) is 3.68. The lowest BCUT2D eigenvalue weighted by molar-refractivity contribution is -0.135. The summed E-state index contributed by atoms with van der Waals surface area (Å²) >= 11 is 0. The molecule has 0 radical (unpaired) electrons. The first-order chi connectivity index (χ1) is 13.9. The van der Waals surface area contributed by atoms with E-state index in [0.29, 0.717) is 36.2 Å². The highest BCUT2D eigenvalue weighted by atomic mass is 16.2. The second-order valence-electron chi connectivity index (χ2n) is 8.10. The molecule has 29 heavy (non-hydrogen) atoms. The normalized spacial score (nSPS) is 24.7. The molecule has 2 atom stereocenters. The first-order valence-corrected chi connectivity index (χ1v) is 10.3. The van der Waals surface area contributed by atoms with Crippen LogP contribution >= 0.6 is 0 Å². The number of urea groups is 1. The van der Waals surface area contributed by atoms with Gasteiger partial charge >= 0.3 is 6.03 Å². The summed E-state index contributed by atoms with van der Waals surface area (Å²) in [4.78, 5) is 48.7. The molecule has 3 amide bonds. The predicted molar refractivity (Wildman–Crippen MR) is 109 cm³/mol. The lowest BCUT2D eigenvalue weighted by atomic mass is 9.73. The van der Waals surface area contributed by atoms with Crippen LogP contribution in [0, 0.1) is 5.92 Å². The van der Waals surface area contributed by atoms with Gasteiger partial charge in [-0.3, -0.25) is 14.5 Å². The number of hydrogen-bond donors (Lipinski definition) is 2. The SMILES string of the molecule is CCN(Cc1nc2ccccc2c(=O)[nH]1)CN1C(=O)N[C@@]2(CCCC[C@@H]2C)C1=O. The van der Waals surface area contributed by atoms with Crippen LogP contribution in [-0.2, 0) is 11.3 Å². The van der Waals surface area contributed by atoms with E-state index in [1.807, 2.05) is 24.8 Å². The minimum atomic E-state index is -0.760. The zero-order valence-electron chi connectivity index (χ0n) is 16.9. The molecular formula is C21H27N5O3. The third-order valence-electron chi connectivity index (χ3n) is 6.33. The van der Waals surface area contributed by atoms with Crippen molar-refractivity contribution in [2.75, 3.05) is 13.2 Å². The van der Waals surface area contributed by atoms with Crippen LogP contribution in [0.2, 0.25) is 0 Å². The van der Waals surface area contributed by atoms with Gasteiger partial charge in [0.25, 0.3) is 11.5 Å². The molecule has 154 valence electrons. The van der Waals surface area contributed by atoms with E-state index in [2.05, 4.69) is 15.3 Å². The molecule has 4 rings (SSSR count). The zero-order chi connectivity index (χ0) is 20.6. The second kappa shape index (κ2) is 7.59. The zero-order valence-corrected chi connectivity index (χ0v) is 16.9. The maximum Gasteiger partial charge on any atom is 0.326 e. The molecule has 8 nitrogen and oxygen atoms in total. The fraction of sp³-hybridized carbons (Fsp3) is 0.524. The smallest absolute Gasteiger partial charge is 0.323 e. The van der Waals surface area contributed by atoms with Gasteiger partial charge in [0, 0.05) is 0 Å². The molecular weight excluding hydrogens is 370 g/mol. The van der Waals surface area contributed by atoms with Crippen LogP contribution in [0.1, 0.15) is 45.4 Å². The van der Waals surface area contributed by atoms with Crippen LogP contribution < -0.4 is 10.9 Å². The van der Waals surface area contributed by atoms with E-state index in [-0.39, 0.29) is 30.1 Å². The van der Waals surface area contributed by atoms with E-state index < -0.39 is 5.54 Å². The van der Waals surface area contributed by atoms with Crippen LogP contribution in [0.25, 0.3) is 10.9 Å². The van der Waals surface area contributed by atoms with E-state index in [1.165, 1.54) is 4.90 Å². The molecule has 2 N–H and O–H groups in total. The minimum absolute atomic E-state index is 0.131. The Labute approximate surface area is 169 Å². The number of fused-ring (bicyclic) bond motifs is 1. The van der Waals surface area contributed by atoms with Gasteiger partial charge in [0.15, 0.2) is 0 Å². The Hall–Kier alpha value is -2.74. The number of aromatic amines is 1. The van der Waals surface area contributed by atoms with Gasteiger partial charge < -0.3 is 10.3 Å². The van der Waals surface area contributed by atoms with Gasteiger partial charge in [-0.2, -0.15) is 0 Å². The van der Waals surface area contributed by atoms with E-state index in [9.17, 15) is 14.4 Å². The summed E-state index contributed by atoms with van der Waals surface area (Å²) in [6, 6.07) is 6.85. The number of hydrogen-bond acceptors (Lipinski definition) is 5. The summed E-state index contributed by atoms with van der Waals surface area (Å²) in [5.41, 5.74) is -0.316. The Morgan fingerprint density at radius 1 is 1.24 bits per heavy atom. The highest BCUT2D eigenvalue weighted by Crippen LogP contribution is 2.38. The molecule has 2 aliphatic rings. The number of carbonyl (C=O) groups is 2. The Morgan fingerprint density at radius 3 is 2.79 bits per heavy atom. The molecule has 8 heteroatoms. The van der Waals surface area contributed by atoms with E-state index >= 15 is 0 Å². The first-order valence-electron chi connectivity index (χ1n) is 10.3. The molecule has 2 aromatic rings. The number of para-hydroxylation sites is 1. The Balaban J connectivity index is 1.53. The van der Waals surface area contributed by atoms with Crippen molar-refractivity contribution in [1.29, 1.82) is 0 Å². The number of amides is 3. The number of imide groups is 1. The van der Waals surface area contributed by atoms with E-state index in [4.69, 9.17) is 0 Å². The number of aromatic nitrogens is 2. The largest absolute Gasteiger partial charge is 0.326 e. The van der Waals surface area contributed by atoms with E-state index in [1.54, 1.807) is 18.2 Å². The standard InChI is InChI=1S/C21H27N5O3/c1-3-25(12-17-22-16-10-5-4-9-15(16)18(27)23-17)13-26-19(28)21(24-20(26)29)11-7-6-8-14(21)2/h4-5,9-10,14H,3,6-8,11-13H2,1-2H3,(H,24,29)(H,22,23,27)/t14-,21+/m0/s1. The fourth-order valence-electron chi connectivity index (χ4n) is 4.51. The molecule has 1 aromatic heterocycles. The average Bonchev–Trinajstić information content (AvgIpc) is 2.94. The van der Waals surface area contributed by atoms with Crippen molar-refractivity contribution in [2.24, 2.45) is 5.92 Å². The molecule has 2 heterocycles. The maximum absolute atomic E-state index is 13.2. The second-order valence-corrected chi connectivity index (χ2v) is 8.10. The average molecular weight is 397 g/mol. The van der Waals surface area contributed by atoms with Crippen molar-refractivity contribution >= 4 is 22.8 Å². The molecule has 1 saturated heterocycles. The van der Waals surface area contributed by atoms with Gasteiger partial charge in [0.2, 0.25) is 0 Å². The fourth-order valence-corrected chi connectivity index (χ4v) is 4.51. The summed E-state index contributed by atoms with van der Waals surface area (Å²) in [7, 11) is 0. The summed E-state index contributed by atoms with van der Waals surface area (Å²) in [6.45, 7) is 5.12. The number of H-pyrrole nitrogens is 1. The van der Waals surface area contributed by atoms with Gasteiger partial charge in [0.05, 0.1) is 24.1 Å². The highest BCUT2D eigenvalue weighted by molar-refractivity contribution is 6.07. The van der Waals surface area contributed by atoms with Gasteiger partial charge in [-0.15, -0.1) is 0 Å². The topological polar surface area (TPSA) is 98.4 Å². The first kappa shape index (κ1) is 19.6. The van der Waals surface area contributed by atoms with Crippen LogP contribution in [-0.4, -0.2) is 50.5 Å². The monoisotopic (exact) mass is 397 g/mol. The third-order valence-corrected chi connectivity index (χ3v) is 6.33. The van der Waals surface area contributed by atoms with Gasteiger partial charge in [-0.1, -0.05) is 38.8 Å². The molecule has 1 saturated carbocycles. The van der Waals surface area contributed by atoms with Crippen LogP contribution in [0.5, 0.6) is 0 Å². The number of rotatable bonds is 5. The number of nitrogens with one attached hydrogen (secondary N) is 2. The van der Waals surface area contributed by atoms with Crippen molar-refractivity contribution in [3.63, 3.8) is 0 Å². The molecule has 0 bridgehead atoms. The summed E-state index contributed by atoms with van der Waals surface area (Å²) < 4.78 is 0. The van der Waals surface area contributed by atoms with Crippen molar-refractivity contribution in [1.82, 2.24) is 25.1 Å². The minimum Gasteiger partial charge on any atom is -0.323 e. The van der Waals surface area contributed by atoms with Crippen molar-refractivity contribution in [2.45, 2.75) is 51.6 Å². The molecule has 1 aliphatic heterocycles. The Kier molecular flexibility index (Phi) is 5.12. The maximum atomic E-state index is 13.2. The van der Waals surface area contributed by atoms with Gasteiger partial charge in [-0.25, -0.2) is 14.7 Å². The lowest BCUT2D eigenvalue weighted by Gasteiger charge is -2.37. The summed E-state index contributed by atoms with van der Waals surface area (Å²) in [5.74, 6) is 0.516. The number of benzene rings is 1. The van der Waals surface area contributed by atoms with Crippen molar-refractivity contribution < 1.29 is 9.59 Å². The quantitative estimate of drug-likeness (QED) is 0.754. The predicted octanol–water partition coefficient (Wildman–Crippen LogP) is 2.20. The Morgan fingerprint density at radius 2 is 2.03 bits per heavy atom. The Bertz CT molecular complexity index is 1000. The molecule has 1 spiro atoms. The summed E-state index contributed by atoms with van der Waals surface area (Å²) in [5, 5.41) is 3.53. The van der Waals surface area contributed by atoms with Crippen LogP contribution in [0.15, 0.2) is 29.1 Å². The molecule has 2 fully saturated rings.